The SMILES string of the molecule is C=CC(=C(C)C)c1ccc2c(oc3ccccc32)c1C. The van der Waals surface area contributed by atoms with Gasteiger partial charge in [0.2, 0.25) is 0 Å². The zero-order valence-corrected chi connectivity index (χ0v) is 12.2. The van der Waals surface area contributed by atoms with Crippen LogP contribution in [0.2, 0.25) is 0 Å². The molecule has 1 heteroatoms. The molecule has 0 saturated heterocycles. The van der Waals surface area contributed by atoms with Gasteiger partial charge in [-0.3, -0.25) is 0 Å². The lowest BCUT2D eigenvalue weighted by Gasteiger charge is -2.09. The molecule has 2 aromatic carbocycles. The second-order valence-corrected chi connectivity index (χ2v) is 5.33. The second kappa shape index (κ2) is 4.68. The predicted molar refractivity (Wildman–Crippen MR) is 86.9 cm³/mol. The summed E-state index contributed by atoms with van der Waals surface area (Å²) in [6, 6.07) is 12.5. The minimum absolute atomic E-state index is 0.945. The molecule has 0 radical (unpaired) electrons. The molecule has 0 aliphatic rings. The lowest BCUT2D eigenvalue weighted by atomic mass is 9.95. The quantitative estimate of drug-likeness (QED) is 0.526. The number of aryl methyl sites for hydroxylation is 1. The monoisotopic (exact) mass is 262 g/mol. The molecule has 1 nitrogen and oxygen atoms in total. The Labute approximate surface area is 119 Å². The van der Waals surface area contributed by atoms with Crippen molar-refractivity contribution in [2.75, 3.05) is 0 Å². The number of rotatable bonds is 2. The van der Waals surface area contributed by atoms with Crippen LogP contribution in [0.3, 0.4) is 0 Å². The molecule has 0 aliphatic heterocycles. The van der Waals surface area contributed by atoms with E-state index in [9.17, 15) is 0 Å². The molecule has 1 heterocycles. The molecule has 0 fully saturated rings. The fourth-order valence-electron chi connectivity index (χ4n) is 2.80. The summed E-state index contributed by atoms with van der Waals surface area (Å²) in [5.41, 5.74) is 6.74. The van der Waals surface area contributed by atoms with Gasteiger partial charge in [-0.1, -0.05) is 42.5 Å². The molecule has 0 aliphatic carbocycles. The van der Waals surface area contributed by atoms with Crippen molar-refractivity contribution in [2.45, 2.75) is 20.8 Å². The van der Waals surface area contributed by atoms with Crippen LogP contribution in [0.4, 0.5) is 0 Å². The van der Waals surface area contributed by atoms with Gasteiger partial charge in [-0.2, -0.15) is 0 Å². The Hall–Kier alpha value is -2.28. The van der Waals surface area contributed by atoms with Crippen molar-refractivity contribution in [3.05, 3.63) is 65.8 Å². The van der Waals surface area contributed by atoms with Crippen LogP contribution in [0.5, 0.6) is 0 Å². The average Bonchev–Trinajstić information content (AvgIpc) is 2.81. The first kappa shape index (κ1) is 12.7. The summed E-state index contributed by atoms with van der Waals surface area (Å²) in [4.78, 5) is 0. The van der Waals surface area contributed by atoms with E-state index in [1.807, 2.05) is 24.3 Å². The average molecular weight is 262 g/mol. The first-order valence-corrected chi connectivity index (χ1v) is 6.84. The highest BCUT2D eigenvalue weighted by Crippen LogP contribution is 2.34. The van der Waals surface area contributed by atoms with Gasteiger partial charge >= 0.3 is 0 Å². The van der Waals surface area contributed by atoms with Gasteiger partial charge in [-0.05, 0) is 44.0 Å². The van der Waals surface area contributed by atoms with Crippen molar-refractivity contribution in [3.63, 3.8) is 0 Å². The Morgan fingerprint density at radius 3 is 2.50 bits per heavy atom. The summed E-state index contributed by atoms with van der Waals surface area (Å²) >= 11 is 0. The third-order valence-corrected chi connectivity index (χ3v) is 3.83. The first-order chi connectivity index (χ1) is 9.63. The van der Waals surface area contributed by atoms with E-state index < -0.39 is 0 Å². The molecular formula is C19H18O. The summed E-state index contributed by atoms with van der Waals surface area (Å²) in [5, 5.41) is 2.36. The Bertz CT molecular complexity index is 843. The summed E-state index contributed by atoms with van der Waals surface area (Å²) in [5.74, 6) is 0. The van der Waals surface area contributed by atoms with E-state index in [4.69, 9.17) is 4.42 Å². The van der Waals surface area contributed by atoms with Crippen LogP contribution >= 0.6 is 0 Å². The van der Waals surface area contributed by atoms with E-state index in [0.29, 0.717) is 0 Å². The number of furan rings is 1. The Balaban J connectivity index is 2.39. The minimum atomic E-state index is 0.945. The van der Waals surface area contributed by atoms with E-state index in [0.717, 1.165) is 11.2 Å². The number of benzene rings is 2. The van der Waals surface area contributed by atoms with Crippen LogP contribution in [-0.2, 0) is 0 Å². The van der Waals surface area contributed by atoms with Gasteiger partial charge in [0, 0.05) is 16.3 Å². The largest absolute Gasteiger partial charge is 0.456 e. The summed E-state index contributed by atoms with van der Waals surface area (Å²) in [7, 11) is 0. The molecule has 1 aromatic heterocycles. The predicted octanol–water partition coefficient (Wildman–Crippen LogP) is 5.87. The van der Waals surface area contributed by atoms with Gasteiger partial charge in [0.1, 0.15) is 11.2 Å². The standard InChI is InChI=1S/C19H18O/c1-5-14(12(2)3)15-10-11-17-16-8-6-7-9-18(16)20-19(17)13(15)4/h5-11H,1H2,2-4H3. The van der Waals surface area contributed by atoms with E-state index in [-0.39, 0.29) is 0 Å². The highest BCUT2D eigenvalue weighted by molar-refractivity contribution is 6.07. The topological polar surface area (TPSA) is 13.1 Å². The van der Waals surface area contributed by atoms with Crippen LogP contribution in [0.15, 0.2) is 59.0 Å². The Morgan fingerprint density at radius 2 is 1.80 bits per heavy atom. The number of para-hydroxylation sites is 1. The Kier molecular flexibility index (Phi) is 2.98. The van der Waals surface area contributed by atoms with Crippen LogP contribution in [0.1, 0.15) is 25.0 Å². The molecule has 0 spiro atoms. The van der Waals surface area contributed by atoms with Crippen molar-refractivity contribution >= 4 is 27.5 Å². The maximum absolute atomic E-state index is 6.04. The molecule has 3 rings (SSSR count). The van der Waals surface area contributed by atoms with Gasteiger partial charge in [0.15, 0.2) is 0 Å². The lowest BCUT2D eigenvalue weighted by molar-refractivity contribution is 0.665. The number of hydrogen-bond donors (Lipinski definition) is 0. The highest BCUT2D eigenvalue weighted by atomic mass is 16.3. The normalized spacial score (nSPS) is 10.9. The molecular weight excluding hydrogens is 244 g/mol. The maximum atomic E-state index is 6.04. The van der Waals surface area contributed by atoms with Gasteiger partial charge < -0.3 is 4.42 Å². The maximum Gasteiger partial charge on any atom is 0.138 e. The molecule has 0 saturated carbocycles. The summed E-state index contributed by atoms with van der Waals surface area (Å²) in [6.45, 7) is 10.3. The van der Waals surface area contributed by atoms with Crippen molar-refractivity contribution in [3.8, 4) is 0 Å². The summed E-state index contributed by atoms with van der Waals surface area (Å²) < 4.78 is 6.04. The van der Waals surface area contributed by atoms with Crippen molar-refractivity contribution < 1.29 is 4.42 Å². The highest BCUT2D eigenvalue weighted by Gasteiger charge is 2.13. The lowest BCUT2D eigenvalue weighted by Crippen LogP contribution is -1.89. The Morgan fingerprint density at radius 1 is 1.05 bits per heavy atom. The summed E-state index contributed by atoms with van der Waals surface area (Å²) in [6.07, 6.45) is 1.92. The smallest absolute Gasteiger partial charge is 0.138 e. The van der Waals surface area contributed by atoms with E-state index in [1.165, 1.54) is 33.0 Å². The number of fused-ring (bicyclic) bond motifs is 3. The van der Waals surface area contributed by atoms with Gasteiger partial charge in [0.05, 0.1) is 0 Å². The zero-order chi connectivity index (χ0) is 14.3. The van der Waals surface area contributed by atoms with Crippen molar-refractivity contribution in [1.82, 2.24) is 0 Å². The number of hydrogen-bond acceptors (Lipinski definition) is 1. The zero-order valence-electron chi connectivity index (χ0n) is 12.2. The van der Waals surface area contributed by atoms with E-state index in [2.05, 4.69) is 45.5 Å². The van der Waals surface area contributed by atoms with E-state index >= 15 is 0 Å². The fourth-order valence-corrected chi connectivity index (χ4v) is 2.80. The van der Waals surface area contributed by atoms with E-state index in [1.54, 1.807) is 0 Å². The third-order valence-electron chi connectivity index (χ3n) is 3.83. The van der Waals surface area contributed by atoms with Crippen LogP contribution in [0.25, 0.3) is 27.5 Å². The molecule has 3 aromatic rings. The molecule has 0 atom stereocenters. The minimum Gasteiger partial charge on any atom is -0.456 e. The molecule has 0 N–H and O–H groups in total. The van der Waals surface area contributed by atoms with Crippen LogP contribution in [-0.4, -0.2) is 0 Å². The van der Waals surface area contributed by atoms with Gasteiger partial charge in [0.25, 0.3) is 0 Å². The third kappa shape index (κ3) is 1.78. The molecule has 0 unspecified atom stereocenters. The van der Waals surface area contributed by atoms with Crippen LogP contribution < -0.4 is 0 Å². The fraction of sp³-hybridized carbons (Fsp3) is 0.158. The molecule has 100 valence electrons. The first-order valence-electron chi connectivity index (χ1n) is 6.84. The number of allylic oxidation sites excluding steroid dienone is 3. The molecule has 0 bridgehead atoms. The van der Waals surface area contributed by atoms with Crippen molar-refractivity contribution in [1.29, 1.82) is 0 Å². The van der Waals surface area contributed by atoms with Gasteiger partial charge in [-0.25, -0.2) is 0 Å². The second-order valence-electron chi connectivity index (χ2n) is 5.33. The van der Waals surface area contributed by atoms with Crippen molar-refractivity contribution in [2.24, 2.45) is 0 Å². The van der Waals surface area contributed by atoms with Gasteiger partial charge in [-0.15, -0.1) is 0 Å². The van der Waals surface area contributed by atoms with Crippen LogP contribution in [0, 0.1) is 6.92 Å². The molecule has 20 heavy (non-hydrogen) atoms. The molecule has 0 amide bonds.